The van der Waals surface area contributed by atoms with Crippen LogP contribution in [0.4, 0.5) is 0 Å². The molecule has 0 bridgehead atoms. The van der Waals surface area contributed by atoms with E-state index in [1.165, 1.54) is 11.3 Å². The number of rotatable bonds is 2. The number of halogens is 2. The van der Waals surface area contributed by atoms with Crippen LogP contribution in [0.5, 0.6) is 5.75 Å². The van der Waals surface area contributed by atoms with E-state index in [-0.39, 0.29) is 11.2 Å². The second kappa shape index (κ2) is 5.31. The van der Waals surface area contributed by atoms with Crippen LogP contribution in [0.2, 0.25) is 9.49 Å². The summed E-state index contributed by atoms with van der Waals surface area (Å²) in [7, 11) is 0. The Kier molecular flexibility index (Phi) is 4.09. The van der Waals surface area contributed by atoms with Crippen LogP contribution in [-0.4, -0.2) is 10.1 Å². The van der Waals surface area contributed by atoms with Crippen molar-refractivity contribution in [2.75, 3.05) is 0 Å². The van der Waals surface area contributed by atoms with Gasteiger partial charge in [0.05, 0.1) is 10.7 Å². The Balaban J connectivity index is 2.46. The summed E-state index contributed by atoms with van der Waals surface area (Å²) < 4.78 is 0.517. The van der Waals surface area contributed by atoms with Crippen molar-refractivity contribution in [3.8, 4) is 17.0 Å². The lowest BCUT2D eigenvalue weighted by atomic mass is 9.90. The Morgan fingerprint density at radius 3 is 2.53 bits per heavy atom. The highest BCUT2D eigenvalue weighted by Crippen LogP contribution is 2.37. The van der Waals surface area contributed by atoms with E-state index >= 15 is 0 Å². The maximum atomic E-state index is 9.70. The van der Waals surface area contributed by atoms with Gasteiger partial charge in [-0.1, -0.05) is 50.0 Å². The van der Waals surface area contributed by atoms with E-state index in [1.807, 2.05) is 6.07 Å². The van der Waals surface area contributed by atoms with Crippen LogP contribution < -0.4 is 0 Å². The van der Waals surface area contributed by atoms with Crippen molar-refractivity contribution in [1.29, 1.82) is 0 Å². The number of nitrogens with zero attached hydrogens (tertiary/aromatic N) is 1. The summed E-state index contributed by atoms with van der Waals surface area (Å²) in [6, 6.07) is 5.14. The van der Waals surface area contributed by atoms with E-state index in [9.17, 15) is 5.11 Å². The van der Waals surface area contributed by atoms with Crippen LogP contribution in [0, 0.1) is 5.41 Å². The molecule has 0 fully saturated rings. The smallest absolute Gasteiger partial charge is 0.184 e. The molecule has 102 valence electrons. The van der Waals surface area contributed by atoms with Crippen molar-refractivity contribution in [1.82, 2.24) is 4.98 Å². The maximum absolute atomic E-state index is 9.70. The van der Waals surface area contributed by atoms with Gasteiger partial charge in [0, 0.05) is 10.4 Å². The van der Waals surface area contributed by atoms with E-state index in [0.717, 1.165) is 22.6 Å². The molecule has 1 aromatic heterocycles. The molecule has 0 aliphatic rings. The molecule has 0 aliphatic heterocycles. The normalized spacial score (nSPS) is 11.8. The molecule has 5 heteroatoms. The first-order valence-corrected chi connectivity index (χ1v) is 7.47. The third-order valence-electron chi connectivity index (χ3n) is 2.58. The lowest BCUT2D eigenvalue weighted by molar-refractivity contribution is 0.415. The van der Waals surface area contributed by atoms with Crippen LogP contribution in [0.15, 0.2) is 18.2 Å². The molecule has 2 aromatic rings. The Morgan fingerprint density at radius 1 is 1.26 bits per heavy atom. The molecule has 0 unspecified atom stereocenters. The van der Waals surface area contributed by atoms with Crippen LogP contribution >= 0.6 is 34.5 Å². The zero-order valence-corrected chi connectivity index (χ0v) is 13.3. The quantitative estimate of drug-likeness (QED) is 0.803. The Morgan fingerprint density at radius 2 is 1.95 bits per heavy atom. The van der Waals surface area contributed by atoms with Crippen molar-refractivity contribution in [3.63, 3.8) is 0 Å². The van der Waals surface area contributed by atoms with Crippen molar-refractivity contribution < 1.29 is 5.11 Å². The molecule has 0 spiro atoms. The molecular formula is C14H15Cl2NOS. The highest BCUT2D eigenvalue weighted by atomic mass is 35.5. The molecule has 1 aromatic carbocycles. The Bertz CT molecular complexity index is 602. The minimum atomic E-state index is 0.0602. The third kappa shape index (κ3) is 3.62. The first kappa shape index (κ1) is 14.6. The fourth-order valence-electron chi connectivity index (χ4n) is 1.81. The van der Waals surface area contributed by atoms with Gasteiger partial charge >= 0.3 is 0 Å². The highest BCUT2D eigenvalue weighted by Gasteiger charge is 2.19. The van der Waals surface area contributed by atoms with Crippen LogP contribution in [0.3, 0.4) is 0 Å². The number of phenols is 1. The molecule has 0 saturated heterocycles. The topological polar surface area (TPSA) is 33.1 Å². The van der Waals surface area contributed by atoms with E-state index < -0.39 is 0 Å². The predicted octanol–water partition coefficient (Wildman–Crippen LogP) is 5.41. The van der Waals surface area contributed by atoms with Gasteiger partial charge in [-0.15, -0.1) is 11.3 Å². The van der Waals surface area contributed by atoms with Crippen LogP contribution in [0.1, 0.15) is 25.6 Å². The van der Waals surface area contributed by atoms with Gasteiger partial charge in [0.25, 0.3) is 0 Å². The first-order valence-electron chi connectivity index (χ1n) is 5.90. The highest BCUT2D eigenvalue weighted by molar-refractivity contribution is 7.16. The average molecular weight is 316 g/mol. The molecule has 2 nitrogen and oxygen atoms in total. The molecule has 0 atom stereocenters. The van der Waals surface area contributed by atoms with Crippen LogP contribution in [-0.2, 0) is 6.42 Å². The number of phenolic OH excluding ortho intramolecular Hbond substituents is 1. The number of benzene rings is 1. The standard InChI is InChI=1S/C14H15Cl2NOS/c1-14(2,3)7-11-12(17-13(16)19-11)8-4-5-9(15)10(18)6-8/h4-6,18H,7H2,1-3H3. The Labute approximate surface area is 127 Å². The zero-order chi connectivity index (χ0) is 14.2. The van der Waals surface area contributed by atoms with Gasteiger partial charge in [0.15, 0.2) is 4.47 Å². The molecule has 1 heterocycles. The SMILES string of the molecule is CC(C)(C)Cc1sc(Cl)nc1-c1ccc(Cl)c(O)c1. The third-order valence-corrected chi connectivity index (χ3v) is 4.06. The molecule has 0 radical (unpaired) electrons. The fourth-order valence-corrected chi connectivity index (χ4v) is 3.40. The van der Waals surface area contributed by atoms with Gasteiger partial charge in [0.1, 0.15) is 5.75 Å². The van der Waals surface area contributed by atoms with E-state index in [4.69, 9.17) is 23.2 Å². The average Bonchev–Trinajstić information content (AvgIpc) is 2.61. The van der Waals surface area contributed by atoms with Crippen LogP contribution in [0.25, 0.3) is 11.3 Å². The van der Waals surface area contributed by atoms with Crippen molar-refractivity contribution in [2.24, 2.45) is 5.41 Å². The number of hydrogen-bond acceptors (Lipinski definition) is 3. The Hall–Kier alpha value is -0.770. The molecule has 1 N–H and O–H groups in total. The molecule has 2 rings (SSSR count). The second-order valence-electron chi connectivity index (χ2n) is 5.64. The molecule has 19 heavy (non-hydrogen) atoms. The van der Waals surface area contributed by atoms with E-state index in [1.54, 1.807) is 12.1 Å². The minimum absolute atomic E-state index is 0.0602. The van der Waals surface area contributed by atoms with Gasteiger partial charge < -0.3 is 5.11 Å². The van der Waals surface area contributed by atoms with Gasteiger partial charge in [0.2, 0.25) is 0 Å². The lowest BCUT2D eigenvalue weighted by Gasteiger charge is -2.17. The minimum Gasteiger partial charge on any atom is -0.506 e. The van der Waals surface area contributed by atoms with E-state index in [2.05, 4.69) is 25.8 Å². The fraction of sp³-hybridized carbons (Fsp3) is 0.357. The summed E-state index contributed by atoms with van der Waals surface area (Å²) in [6.45, 7) is 6.51. The van der Waals surface area contributed by atoms with Crippen molar-refractivity contribution in [2.45, 2.75) is 27.2 Å². The van der Waals surface area contributed by atoms with Gasteiger partial charge in [-0.3, -0.25) is 0 Å². The lowest BCUT2D eigenvalue weighted by Crippen LogP contribution is -2.08. The zero-order valence-electron chi connectivity index (χ0n) is 11.0. The second-order valence-corrected chi connectivity index (χ2v) is 7.72. The molecule has 0 saturated carbocycles. The first-order chi connectivity index (χ1) is 8.76. The number of aromatic hydroxyl groups is 1. The summed E-state index contributed by atoms with van der Waals surface area (Å²) >= 11 is 13.3. The maximum Gasteiger partial charge on any atom is 0.184 e. The summed E-state index contributed by atoms with van der Waals surface area (Å²) in [4.78, 5) is 5.49. The number of hydrogen-bond donors (Lipinski definition) is 1. The van der Waals surface area contributed by atoms with Crippen molar-refractivity contribution in [3.05, 3.63) is 32.6 Å². The molecule has 0 amide bonds. The number of aromatic nitrogens is 1. The molecular weight excluding hydrogens is 301 g/mol. The summed E-state index contributed by atoms with van der Waals surface area (Å²) in [5, 5.41) is 10.0. The number of thiazole rings is 1. The van der Waals surface area contributed by atoms with Gasteiger partial charge in [-0.25, -0.2) is 4.98 Å². The predicted molar refractivity (Wildman–Crippen MR) is 82.4 cm³/mol. The van der Waals surface area contributed by atoms with Gasteiger partial charge in [-0.2, -0.15) is 0 Å². The van der Waals surface area contributed by atoms with Crippen molar-refractivity contribution >= 4 is 34.5 Å². The monoisotopic (exact) mass is 315 g/mol. The molecule has 0 aliphatic carbocycles. The summed E-state index contributed by atoms with van der Waals surface area (Å²) in [5.74, 6) is 0.0602. The van der Waals surface area contributed by atoms with E-state index in [0.29, 0.717) is 9.49 Å². The largest absolute Gasteiger partial charge is 0.506 e. The van der Waals surface area contributed by atoms with Gasteiger partial charge in [-0.05, 0) is 24.0 Å². The summed E-state index contributed by atoms with van der Waals surface area (Å²) in [6.07, 6.45) is 0.885. The summed E-state index contributed by atoms with van der Waals surface area (Å²) in [5.41, 5.74) is 1.82.